The lowest BCUT2D eigenvalue weighted by atomic mass is 10.1. The molecule has 1 aliphatic rings. The summed E-state index contributed by atoms with van der Waals surface area (Å²) in [5.41, 5.74) is 2.09. The standard InChI is InChI=1S/C21H28N2O4S/c1-17-4-9-21(16-18(17)2)28(24,25)23-12-10-22(11-13-23)14-15-27-20-7-5-19(26-3)6-8-20/h4-9,16H,10-15H2,1-3H3. The normalized spacial score (nSPS) is 16.1. The predicted molar refractivity (Wildman–Crippen MR) is 110 cm³/mol. The van der Waals surface area contributed by atoms with E-state index in [0.29, 0.717) is 37.7 Å². The highest BCUT2D eigenvalue weighted by atomic mass is 32.2. The highest BCUT2D eigenvalue weighted by Gasteiger charge is 2.28. The summed E-state index contributed by atoms with van der Waals surface area (Å²) in [5, 5.41) is 0. The first-order valence-corrected chi connectivity index (χ1v) is 10.9. The lowest BCUT2D eigenvalue weighted by molar-refractivity contribution is 0.159. The van der Waals surface area contributed by atoms with Gasteiger partial charge in [0.15, 0.2) is 0 Å². The molecule has 1 aliphatic heterocycles. The van der Waals surface area contributed by atoms with Crippen molar-refractivity contribution < 1.29 is 17.9 Å². The van der Waals surface area contributed by atoms with Crippen molar-refractivity contribution in [1.29, 1.82) is 0 Å². The van der Waals surface area contributed by atoms with Crippen molar-refractivity contribution in [3.63, 3.8) is 0 Å². The van der Waals surface area contributed by atoms with Crippen LogP contribution in [-0.4, -0.2) is 64.1 Å². The molecule has 3 rings (SSSR count). The molecule has 28 heavy (non-hydrogen) atoms. The average Bonchev–Trinajstić information content (AvgIpc) is 2.71. The lowest BCUT2D eigenvalue weighted by Crippen LogP contribution is -2.49. The predicted octanol–water partition coefficient (Wildman–Crippen LogP) is 2.70. The number of hydrogen-bond acceptors (Lipinski definition) is 5. The van der Waals surface area contributed by atoms with Crippen LogP contribution >= 0.6 is 0 Å². The second-order valence-corrected chi connectivity index (χ2v) is 8.95. The lowest BCUT2D eigenvalue weighted by Gasteiger charge is -2.33. The molecule has 6 nitrogen and oxygen atoms in total. The third-order valence-corrected chi connectivity index (χ3v) is 7.08. The Morgan fingerprint density at radius 2 is 1.54 bits per heavy atom. The first-order chi connectivity index (χ1) is 13.4. The third kappa shape index (κ3) is 4.84. The fourth-order valence-corrected chi connectivity index (χ4v) is 4.69. The maximum absolute atomic E-state index is 12.9. The molecular weight excluding hydrogens is 376 g/mol. The summed E-state index contributed by atoms with van der Waals surface area (Å²) in [6.45, 7) is 7.66. The van der Waals surface area contributed by atoms with Crippen LogP contribution in [0.1, 0.15) is 11.1 Å². The Kier molecular flexibility index (Phi) is 6.59. The molecule has 2 aromatic carbocycles. The summed E-state index contributed by atoms with van der Waals surface area (Å²) < 4.78 is 38.2. The minimum atomic E-state index is -3.43. The van der Waals surface area contributed by atoms with Crippen LogP contribution in [0.4, 0.5) is 0 Å². The zero-order chi connectivity index (χ0) is 20.1. The number of piperazine rings is 1. The van der Waals surface area contributed by atoms with Crippen molar-refractivity contribution in [2.45, 2.75) is 18.7 Å². The molecule has 2 aromatic rings. The molecule has 0 saturated carbocycles. The van der Waals surface area contributed by atoms with E-state index in [1.807, 2.05) is 44.2 Å². The minimum Gasteiger partial charge on any atom is -0.497 e. The molecule has 0 aromatic heterocycles. The van der Waals surface area contributed by atoms with Gasteiger partial charge in [0, 0.05) is 32.7 Å². The van der Waals surface area contributed by atoms with Crippen LogP contribution in [0.15, 0.2) is 47.4 Å². The SMILES string of the molecule is COc1ccc(OCCN2CCN(S(=O)(=O)c3ccc(C)c(C)c3)CC2)cc1. The highest BCUT2D eigenvalue weighted by molar-refractivity contribution is 7.89. The van der Waals surface area contributed by atoms with Gasteiger partial charge in [-0.05, 0) is 61.4 Å². The number of nitrogens with zero attached hydrogens (tertiary/aromatic N) is 2. The van der Waals surface area contributed by atoms with E-state index >= 15 is 0 Å². The number of methoxy groups -OCH3 is 1. The fourth-order valence-electron chi connectivity index (χ4n) is 3.18. The van der Waals surface area contributed by atoms with E-state index in [1.165, 1.54) is 0 Å². The summed E-state index contributed by atoms with van der Waals surface area (Å²) in [5.74, 6) is 1.60. The highest BCUT2D eigenvalue weighted by Crippen LogP contribution is 2.21. The van der Waals surface area contributed by atoms with E-state index < -0.39 is 10.0 Å². The zero-order valence-corrected chi connectivity index (χ0v) is 17.5. The van der Waals surface area contributed by atoms with Crippen molar-refractivity contribution in [2.75, 3.05) is 46.4 Å². The Labute approximate surface area is 167 Å². The van der Waals surface area contributed by atoms with Gasteiger partial charge in [-0.25, -0.2) is 8.42 Å². The smallest absolute Gasteiger partial charge is 0.243 e. The van der Waals surface area contributed by atoms with Crippen LogP contribution in [0, 0.1) is 13.8 Å². The number of sulfonamides is 1. The van der Waals surface area contributed by atoms with Crippen LogP contribution in [0.5, 0.6) is 11.5 Å². The van der Waals surface area contributed by atoms with Gasteiger partial charge >= 0.3 is 0 Å². The number of ether oxygens (including phenoxy) is 2. The van der Waals surface area contributed by atoms with E-state index in [0.717, 1.165) is 29.2 Å². The van der Waals surface area contributed by atoms with Gasteiger partial charge in [-0.2, -0.15) is 4.31 Å². The maximum atomic E-state index is 12.9. The summed E-state index contributed by atoms with van der Waals surface area (Å²) in [6.07, 6.45) is 0. The van der Waals surface area contributed by atoms with Gasteiger partial charge in [0.2, 0.25) is 10.0 Å². The van der Waals surface area contributed by atoms with E-state index in [2.05, 4.69) is 4.90 Å². The van der Waals surface area contributed by atoms with Gasteiger partial charge in [-0.1, -0.05) is 6.07 Å². The molecule has 1 heterocycles. The summed E-state index contributed by atoms with van der Waals surface area (Å²) in [4.78, 5) is 2.61. The van der Waals surface area contributed by atoms with Crippen molar-refractivity contribution in [1.82, 2.24) is 9.21 Å². The van der Waals surface area contributed by atoms with Crippen LogP contribution in [-0.2, 0) is 10.0 Å². The summed E-state index contributed by atoms with van der Waals surface area (Å²) in [7, 11) is -1.80. The second-order valence-electron chi connectivity index (χ2n) is 7.02. The van der Waals surface area contributed by atoms with E-state index in [-0.39, 0.29) is 0 Å². The quantitative estimate of drug-likeness (QED) is 0.710. The summed E-state index contributed by atoms with van der Waals surface area (Å²) in [6, 6.07) is 12.8. The molecule has 7 heteroatoms. The van der Waals surface area contributed by atoms with E-state index in [4.69, 9.17) is 9.47 Å². The number of rotatable bonds is 7. The largest absolute Gasteiger partial charge is 0.497 e. The molecule has 1 saturated heterocycles. The first kappa shape index (κ1) is 20.6. The molecule has 1 fully saturated rings. The topological polar surface area (TPSA) is 59.1 Å². The van der Waals surface area contributed by atoms with Gasteiger partial charge in [0.1, 0.15) is 18.1 Å². The molecule has 0 unspecified atom stereocenters. The van der Waals surface area contributed by atoms with Crippen molar-refractivity contribution >= 4 is 10.0 Å². The van der Waals surface area contributed by atoms with Crippen LogP contribution in [0.2, 0.25) is 0 Å². The zero-order valence-electron chi connectivity index (χ0n) is 16.7. The van der Waals surface area contributed by atoms with Crippen LogP contribution in [0.3, 0.4) is 0 Å². The monoisotopic (exact) mass is 404 g/mol. The molecule has 0 bridgehead atoms. The van der Waals surface area contributed by atoms with E-state index in [9.17, 15) is 8.42 Å². The fraction of sp³-hybridized carbons (Fsp3) is 0.429. The Balaban J connectivity index is 1.48. The van der Waals surface area contributed by atoms with Gasteiger partial charge in [-0.3, -0.25) is 4.90 Å². The third-order valence-electron chi connectivity index (χ3n) is 5.18. The second kappa shape index (κ2) is 8.94. The number of aryl methyl sites for hydroxylation is 2. The Hall–Kier alpha value is -2.09. The number of benzene rings is 2. The molecule has 0 atom stereocenters. The molecule has 0 amide bonds. The molecule has 0 radical (unpaired) electrons. The Morgan fingerprint density at radius 1 is 0.893 bits per heavy atom. The first-order valence-electron chi connectivity index (χ1n) is 9.47. The van der Waals surface area contributed by atoms with Gasteiger partial charge in [-0.15, -0.1) is 0 Å². The Bertz CT molecular complexity index is 889. The summed E-state index contributed by atoms with van der Waals surface area (Å²) >= 11 is 0. The van der Waals surface area contributed by atoms with E-state index in [1.54, 1.807) is 23.5 Å². The maximum Gasteiger partial charge on any atom is 0.243 e. The molecule has 0 N–H and O–H groups in total. The van der Waals surface area contributed by atoms with Crippen LogP contribution in [0.25, 0.3) is 0 Å². The molecule has 0 spiro atoms. The van der Waals surface area contributed by atoms with Gasteiger partial charge in [0.05, 0.1) is 12.0 Å². The molecular formula is C21H28N2O4S. The average molecular weight is 405 g/mol. The van der Waals surface area contributed by atoms with Gasteiger partial charge < -0.3 is 9.47 Å². The van der Waals surface area contributed by atoms with Crippen molar-refractivity contribution in [3.8, 4) is 11.5 Å². The minimum absolute atomic E-state index is 0.381. The van der Waals surface area contributed by atoms with Crippen molar-refractivity contribution in [2.24, 2.45) is 0 Å². The van der Waals surface area contributed by atoms with Crippen LogP contribution < -0.4 is 9.47 Å². The molecule has 152 valence electrons. The van der Waals surface area contributed by atoms with Crippen molar-refractivity contribution in [3.05, 3.63) is 53.6 Å². The van der Waals surface area contributed by atoms with Gasteiger partial charge in [0.25, 0.3) is 0 Å². The Morgan fingerprint density at radius 3 is 2.14 bits per heavy atom. The molecule has 0 aliphatic carbocycles. The number of hydrogen-bond donors (Lipinski definition) is 0.